The maximum Gasteiger partial charge on any atom is 0.259 e. The van der Waals surface area contributed by atoms with Crippen LogP contribution in [0.25, 0.3) is 0 Å². The van der Waals surface area contributed by atoms with E-state index in [1.165, 1.54) is 17.7 Å². The maximum absolute atomic E-state index is 11.7. The number of aliphatic imine (C=N–C) groups is 1. The second-order valence-electron chi connectivity index (χ2n) is 7.86. The fourth-order valence-corrected chi connectivity index (χ4v) is 3.42. The number of benzene rings is 1. The highest BCUT2D eigenvalue weighted by Gasteiger charge is 2.25. The normalized spacial score (nSPS) is 17.3. The largest absolute Gasteiger partial charge is 0.484 e. The Balaban J connectivity index is 1.86. The molecule has 0 bridgehead atoms. The minimum Gasteiger partial charge on any atom is -0.484 e. The summed E-state index contributed by atoms with van der Waals surface area (Å²) in [6, 6.07) is 7.84. The molecule has 1 N–H and O–H groups in total. The van der Waals surface area contributed by atoms with Crippen molar-refractivity contribution in [2.75, 3.05) is 40.8 Å². The molecule has 1 heterocycles. The van der Waals surface area contributed by atoms with E-state index in [0.29, 0.717) is 12.3 Å². The van der Waals surface area contributed by atoms with Crippen molar-refractivity contribution >= 4 is 11.9 Å². The molecule has 0 aliphatic carbocycles. The summed E-state index contributed by atoms with van der Waals surface area (Å²) in [4.78, 5) is 20.0. The molecule has 1 atom stereocenters. The number of nitrogens with zero attached hydrogens (tertiary/aromatic N) is 3. The lowest BCUT2D eigenvalue weighted by molar-refractivity contribution is -0.130. The van der Waals surface area contributed by atoms with Gasteiger partial charge >= 0.3 is 0 Å². The van der Waals surface area contributed by atoms with Gasteiger partial charge in [-0.2, -0.15) is 0 Å². The molecule has 1 amide bonds. The first-order chi connectivity index (χ1) is 12.9. The molecule has 6 heteroatoms. The van der Waals surface area contributed by atoms with Crippen LogP contribution in [-0.4, -0.2) is 62.5 Å². The summed E-state index contributed by atoms with van der Waals surface area (Å²) < 4.78 is 5.59. The maximum atomic E-state index is 11.7. The topological polar surface area (TPSA) is 57.2 Å². The molecule has 150 valence electrons. The first kappa shape index (κ1) is 21.1. The minimum absolute atomic E-state index is 0.0519. The van der Waals surface area contributed by atoms with Crippen molar-refractivity contribution in [3.05, 3.63) is 29.8 Å². The van der Waals surface area contributed by atoms with Crippen LogP contribution in [0.15, 0.2) is 29.3 Å². The molecular formula is C21H34N4O2. The Kier molecular flexibility index (Phi) is 7.95. The van der Waals surface area contributed by atoms with Gasteiger partial charge in [0.1, 0.15) is 5.75 Å². The number of nitrogens with one attached hydrogen (secondary N) is 1. The van der Waals surface area contributed by atoms with Gasteiger partial charge in [-0.1, -0.05) is 26.0 Å². The molecule has 0 aromatic heterocycles. The van der Waals surface area contributed by atoms with E-state index < -0.39 is 0 Å². The number of amides is 1. The number of carbonyl (C=O) groups excluding carboxylic acids is 1. The molecule has 2 rings (SSSR count). The Labute approximate surface area is 163 Å². The molecule has 0 radical (unpaired) electrons. The van der Waals surface area contributed by atoms with Crippen molar-refractivity contribution in [2.24, 2.45) is 16.8 Å². The first-order valence-corrected chi connectivity index (χ1v) is 9.76. The number of ether oxygens (including phenoxy) is 1. The molecule has 1 aliphatic rings. The molecule has 27 heavy (non-hydrogen) atoms. The Bertz CT molecular complexity index is 643. The average Bonchev–Trinajstić information content (AvgIpc) is 3.08. The quantitative estimate of drug-likeness (QED) is 0.589. The Morgan fingerprint density at radius 2 is 2.19 bits per heavy atom. The van der Waals surface area contributed by atoms with Crippen LogP contribution in [0.4, 0.5) is 0 Å². The third-order valence-electron chi connectivity index (χ3n) is 4.81. The van der Waals surface area contributed by atoms with Gasteiger partial charge in [0.05, 0.1) is 0 Å². The molecule has 1 aromatic carbocycles. The van der Waals surface area contributed by atoms with Crippen LogP contribution < -0.4 is 10.1 Å². The molecular weight excluding hydrogens is 340 g/mol. The number of rotatable bonds is 7. The second kappa shape index (κ2) is 10.2. The Hall–Kier alpha value is -2.24. The standard InChI is InChI=1S/C21H34N4O2/c1-16(2)11-18-9-10-25(14-18)21(22-3)23-13-17-7-6-8-19(12-17)27-15-20(26)24(4)5/h6-8,12,16,18H,9-11,13-15H2,1-5H3,(H,22,23). The smallest absolute Gasteiger partial charge is 0.259 e. The monoisotopic (exact) mass is 374 g/mol. The fourth-order valence-electron chi connectivity index (χ4n) is 3.42. The van der Waals surface area contributed by atoms with E-state index in [1.807, 2.05) is 31.3 Å². The van der Waals surface area contributed by atoms with Crippen molar-refractivity contribution in [2.45, 2.75) is 33.2 Å². The highest BCUT2D eigenvalue weighted by atomic mass is 16.5. The van der Waals surface area contributed by atoms with Gasteiger partial charge in [0.2, 0.25) is 0 Å². The SMILES string of the molecule is CN=C(NCc1cccc(OCC(=O)N(C)C)c1)N1CCC(CC(C)C)C1. The highest BCUT2D eigenvalue weighted by molar-refractivity contribution is 5.80. The van der Waals surface area contributed by atoms with Crippen molar-refractivity contribution in [3.8, 4) is 5.75 Å². The zero-order chi connectivity index (χ0) is 19.8. The van der Waals surface area contributed by atoms with E-state index in [2.05, 4.69) is 29.1 Å². The summed E-state index contributed by atoms with van der Waals surface area (Å²) in [6.07, 6.45) is 2.51. The van der Waals surface area contributed by atoms with Crippen LogP contribution in [-0.2, 0) is 11.3 Å². The summed E-state index contributed by atoms with van der Waals surface area (Å²) in [5, 5.41) is 3.46. The van der Waals surface area contributed by atoms with Crippen LogP contribution in [0.1, 0.15) is 32.3 Å². The van der Waals surface area contributed by atoms with Gasteiger partial charge in [-0.05, 0) is 42.4 Å². The first-order valence-electron chi connectivity index (χ1n) is 9.76. The van der Waals surface area contributed by atoms with Crippen molar-refractivity contribution in [1.29, 1.82) is 0 Å². The molecule has 1 unspecified atom stereocenters. The average molecular weight is 375 g/mol. The third-order valence-corrected chi connectivity index (χ3v) is 4.81. The van der Waals surface area contributed by atoms with Crippen molar-refractivity contribution < 1.29 is 9.53 Å². The summed E-state index contributed by atoms with van der Waals surface area (Å²) in [5.41, 5.74) is 1.10. The number of carbonyl (C=O) groups is 1. The van der Waals surface area contributed by atoms with Crippen LogP contribution in [0.5, 0.6) is 5.75 Å². The predicted molar refractivity (Wildman–Crippen MR) is 110 cm³/mol. The Morgan fingerprint density at radius 3 is 2.85 bits per heavy atom. The minimum atomic E-state index is -0.0519. The molecule has 1 saturated heterocycles. The van der Waals surface area contributed by atoms with Gasteiger partial charge in [0, 0.05) is 40.8 Å². The van der Waals surface area contributed by atoms with Gasteiger partial charge in [-0.3, -0.25) is 9.79 Å². The van der Waals surface area contributed by atoms with Gasteiger partial charge in [-0.25, -0.2) is 0 Å². The van der Waals surface area contributed by atoms with Crippen molar-refractivity contribution in [3.63, 3.8) is 0 Å². The molecule has 1 fully saturated rings. The molecule has 6 nitrogen and oxygen atoms in total. The number of likely N-dealkylation sites (N-methyl/N-ethyl adjacent to an activating group) is 1. The molecule has 1 aliphatic heterocycles. The van der Waals surface area contributed by atoms with Crippen LogP contribution in [0.2, 0.25) is 0 Å². The fraction of sp³-hybridized carbons (Fsp3) is 0.619. The molecule has 1 aromatic rings. The van der Waals surface area contributed by atoms with E-state index in [-0.39, 0.29) is 12.5 Å². The van der Waals surface area contributed by atoms with Crippen molar-refractivity contribution in [1.82, 2.24) is 15.1 Å². The van der Waals surface area contributed by atoms with E-state index in [1.54, 1.807) is 14.1 Å². The second-order valence-corrected chi connectivity index (χ2v) is 7.86. The Morgan fingerprint density at radius 1 is 1.41 bits per heavy atom. The molecule has 0 spiro atoms. The van der Waals surface area contributed by atoms with Crippen LogP contribution in [0, 0.1) is 11.8 Å². The third kappa shape index (κ3) is 6.77. The van der Waals surface area contributed by atoms with Gasteiger partial charge in [0.15, 0.2) is 12.6 Å². The lowest BCUT2D eigenvalue weighted by Gasteiger charge is -2.22. The highest BCUT2D eigenvalue weighted by Crippen LogP contribution is 2.23. The van der Waals surface area contributed by atoms with E-state index in [4.69, 9.17) is 4.74 Å². The zero-order valence-electron chi connectivity index (χ0n) is 17.4. The lowest BCUT2D eigenvalue weighted by Crippen LogP contribution is -2.39. The van der Waals surface area contributed by atoms with E-state index >= 15 is 0 Å². The lowest BCUT2D eigenvalue weighted by atomic mass is 9.97. The number of likely N-dealkylation sites (tertiary alicyclic amines) is 1. The summed E-state index contributed by atoms with van der Waals surface area (Å²) >= 11 is 0. The number of guanidine groups is 1. The zero-order valence-corrected chi connectivity index (χ0v) is 17.4. The van der Waals surface area contributed by atoms with Crippen LogP contribution in [0.3, 0.4) is 0 Å². The predicted octanol–water partition coefficient (Wildman–Crippen LogP) is 2.60. The van der Waals surface area contributed by atoms with E-state index in [9.17, 15) is 4.79 Å². The van der Waals surface area contributed by atoms with Gasteiger partial charge < -0.3 is 19.9 Å². The van der Waals surface area contributed by atoms with E-state index in [0.717, 1.165) is 36.4 Å². The van der Waals surface area contributed by atoms with Gasteiger partial charge in [-0.15, -0.1) is 0 Å². The number of hydrogen-bond acceptors (Lipinski definition) is 3. The number of hydrogen-bond donors (Lipinski definition) is 1. The van der Waals surface area contributed by atoms with Gasteiger partial charge in [0.25, 0.3) is 5.91 Å². The molecule has 0 saturated carbocycles. The summed E-state index contributed by atoms with van der Waals surface area (Å²) in [5.74, 6) is 3.11. The summed E-state index contributed by atoms with van der Waals surface area (Å²) in [6.45, 7) is 7.45. The summed E-state index contributed by atoms with van der Waals surface area (Å²) in [7, 11) is 5.29. The van der Waals surface area contributed by atoms with Crippen LogP contribution >= 0.6 is 0 Å².